The number of nitrogens with zero attached hydrogens (tertiary/aromatic N) is 3. The van der Waals surface area contributed by atoms with E-state index in [1.54, 1.807) is 6.33 Å². The molecule has 0 unspecified atom stereocenters. The molecule has 0 aromatic carbocycles. The second-order valence-electron chi connectivity index (χ2n) is 7.07. The zero-order valence-corrected chi connectivity index (χ0v) is 12.8. The molecule has 1 aromatic heterocycles. The molecule has 1 aromatic rings. The Morgan fingerprint density at radius 1 is 1.37 bits per heavy atom. The largest absolute Gasteiger partial charge is 0.307 e. The third-order valence-electron chi connectivity index (χ3n) is 4.12. The van der Waals surface area contributed by atoms with Crippen molar-refractivity contribution in [2.75, 3.05) is 0 Å². The van der Waals surface area contributed by atoms with Gasteiger partial charge in [-0.3, -0.25) is 0 Å². The van der Waals surface area contributed by atoms with Gasteiger partial charge in [0.15, 0.2) is 0 Å². The number of nitrogens with one attached hydrogen (secondary N) is 1. The summed E-state index contributed by atoms with van der Waals surface area (Å²) in [6.07, 6.45) is 6.88. The molecule has 1 aliphatic carbocycles. The highest BCUT2D eigenvalue weighted by molar-refractivity contribution is 4.88. The van der Waals surface area contributed by atoms with E-state index in [-0.39, 0.29) is 0 Å². The summed E-state index contributed by atoms with van der Waals surface area (Å²) in [4.78, 5) is 4.37. The van der Waals surface area contributed by atoms with Gasteiger partial charge in [-0.15, -0.1) is 0 Å². The SMILES string of the molecule is CC(C)Cn1ncnc1CNC1CCC(C)(C)CC1. The summed E-state index contributed by atoms with van der Waals surface area (Å²) in [5, 5.41) is 7.96. The summed E-state index contributed by atoms with van der Waals surface area (Å²) in [6, 6.07) is 0.650. The van der Waals surface area contributed by atoms with Crippen molar-refractivity contribution >= 4 is 0 Å². The molecule has 0 aliphatic heterocycles. The Morgan fingerprint density at radius 3 is 2.68 bits per heavy atom. The molecule has 0 spiro atoms. The van der Waals surface area contributed by atoms with Crippen LogP contribution < -0.4 is 5.32 Å². The molecule has 1 heterocycles. The molecule has 1 N–H and O–H groups in total. The molecule has 0 amide bonds. The lowest BCUT2D eigenvalue weighted by molar-refractivity contribution is 0.205. The zero-order chi connectivity index (χ0) is 13.9. The van der Waals surface area contributed by atoms with Gasteiger partial charge in [-0.2, -0.15) is 5.10 Å². The van der Waals surface area contributed by atoms with Gasteiger partial charge < -0.3 is 5.32 Å². The van der Waals surface area contributed by atoms with E-state index in [1.165, 1.54) is 25.7 Å². The summed E-state index contributed by atoms with van der Waals surface area (Å²) < 4.78 is 2.03. The number of aromatic nitrogens is 3. The number of hydrogen-bond acceptors (Lipinski definition) is 3. The highest BCUT2D eigenvalue weighted by Crippen LogP contribution is 2.34. The van der Waals surface area contributed by atoms with Gasteiger partial charge in [0.25, 0.3) is 0 Å². The van der Waals surface area contributed by atoms with Crippen LogP contribution in [0.4, 0.5) is 0 Å². The molecule has 0 atom stereocenters. The predicted octanol–water partition coefficient (Wildman–Crippen LogP) is 2.99. The number of hydrogen-bond donors (Lipinski definition) is 1. The Kier molecular flexibility index (Phi) is 4.61. The summed E-state index contributed by atoms with van der Waals surface area (Å²) in [6.45, 7) is 11.0. The second kappa shape index (κ2) is 6.04. The molecule has 0 saturated heterocycles. The topological polar surface area (TPSA) is 42.7 Å². The first kappa shape index (κ1) is 14.5. The van der Waals surface area contributed by atoms with Gasteiger partial charge in [0.1, 0.15) is 12.2 Å². The average Bonchev–Trinajstić information content (AvgIpc) is 2.74. The lowest BCUT2D eigenvalue weighted by Gasteiger charge is -2.34. The van der Waals surface area contributed by atoms with Crippen LogP contribution in [0.3, 0.4) is 0 Å². The van der Waals surface area contributed by atoms with Gasteiger partial charge in [0.05, 0.1) is 6.54 Å². The Labute approximate surface area is 117 Å². The van der Waals surface area contributed by atoms with Gasteiger partial charge in [0, 0.05) is 12.6 Å². The maximum Gasteiger partial charge on any atom is 0.140 e. The van der Waals surface area contributed by atoms with Crippen LogP contribution in [0.2, 0.25) is 0 Å². The van der Waals surface area contributed by atoms with Crippen molar-refractivity contribution in [3.05, 3.63) is 12.2 Å². The minimum atomic E-state index is 0.538. The fraction of sp³-hybridized carbons (Fsp3) is 0.867. The van der Waals surface area contributed by atoms with Crippen molar-refractivity contribution in [3.63, 3.8) is 0 Å². The standard InChI is InChI=1S/C15H28N4/c1-12(2)10-19-14(17-11-18-19)9-16-13-5-7-15(3,4)8-6-13/h11-13,16H,5-10H2,1-4H3. The molecule has 108 valence electrons. The van der Waals surface area contributed by atoms with Crippen LogP contribution in [0.1, 0.15) is 59.2 Å². The quantitative estimate of drug-likeness (QED) is 0.889. The molecule has 0 radical (unpaired) electrons. The van der Waals surface area contributed by atoms with Crippen molar-refractivity contribution in [1.29, 1.82) is 0 Å². The van der Waals surface area contributed by atoms with Gasteiger partial charge in [0.2, 0.25) is 0 Å². The average molecular weight is 264 g/mol. The first-order valence-corrected chi connectivity index (χ1v) is 7.56. The highest BCUT2D eigenvalue weighted by Gasteiger charge is 2.26. The molecule has 1 fully saturated rings. The third kappa shape index (κ3) is 4.30. The molecule has 0 bridgehead atoms. The normalized spacial score (nSPS) is 20.1. The Morgan fingerprint density at radius 2 is 2.05 bits per heavy atom. The molecule has 4 nitrogen and oxygen atoms in total. The van der Waals surface area contributed by atoms with E-state index in [4.69, 9.17) is 0 Å². The zero-order valence-electron chi connectivity index (χ0n) is 12.8. The van der Waals surface area contributed by atoms with Crippen molar-refractivity contribution < 1.29 is 0 Å². The maximum absolute atomic E-state index is 4.37. The van der Waals surface area contributed by atoms with E-state index in [0.717, 1.165) is 18.9 Å². The fourth-order valence-electron chi connectivity index (χ4n) is 2.76. The molecule has 1 saturated carbocycles. The highest BCUT2D eigenvalue weighted by atomic mass is 15.3. The molecule has 4 heteroatoms. The van der Waals surface area contributed by atoms with E-state index >= 15 is 0 Å². The van der Waals surface area contributed by atoms with E-state index in [9.17, 15) is 0 Å². The third-order valence-corrected chi connectivity index (χ3v) is 4.12. The lowest BCUT2D eigenvalue weighted by Crippen LogP contribution is -2.35. The van der Waals surface area contributed by atoms with Crippen LogP contribution in [0.15, 0.2) is 6.33 Å². The van der Waals surface area contributed by atoms with Crippen LogP contribution >= 0.6 is 0 Å². The fourth-order valence-corrected chi connectivity index (χ4v) is 2.76. The Hall–Kier alpha value is -0.900. The molecule has 2 rings (SSSR count). The maximum atomic E-state index is 4.37. The first-order valence-electron chi connectivity index (χ1n) is 7.56. The molecular weight excluding hydrogens is 236 g/mol. The summed E-state index contributed by atoms with van der Waals surface area (Å²) >= 11 is 0. The summed E-state index contributed by atoms with van der Waals surface area (Å²) in [7, 11) is 0. The van der Waals surface area contributed by atoms with Crippen molar-refractivity contribution in [3.8, 4) is 0 Å². The predicted molar refractivity (Wildman–Crippen MR) is 77.7 cm³/mol. The van der Waals surface area contributed by atoms with Crippen molar-refractivity contribution in [2.45, 2.75) is 72.5 Å². The lowest BCUT2D eigenvalue weighted by atomic mass is 9.75. The minimum Gasteiger partial charge on any atom is -0.307 e. The Balaban J connectivity index is 1.81. The van der Waals surface area contributed by atoms with E-state index in [0.29, 0.717) is 17.4 Å². The van der Waals surface area contributed by atoms with Crippen LogP contribution in [0.5, 0.6) is 0 Å². The van der Waals surface area contributed by atoms with Gasteiger partial charge >= 0.3 is 0 Å². The monoisotopic (exact) mass is 264 g/mol. The minimum absolute atomic E-state index is 0.538. The van der Waals surface area contributed by atoms with E-state index in [1.807, 2.05) is 4.68 Å². The molecular formula is C15H28N4. The van der Waals surface area contributed by atoms with E-state index < -0.39 is 0 Å². The molecule has 19 heavy (non-hydrogen) atoms. The van der Waals surface area contributed by atoms with Crippen LogP contribution in [0.25, 0.3) is 0 Å². The van der Waals surface area contributed by atoms with Crippen LogP contribution in [-0.4, -0.2) is 20.8 Å². The first-order chi connectivity index (χ1) is 8.96. The van der Waals surface area contributed by atoms with Gasteiger partial charge in [-0.05, 0) is 37.0 Å². The Bertz CT molecular complexity index is 385. The van der Waals surface area contributed by atoms with Crippen LogP contribution in [0, 0.1) is 11.3 Å². The van der Waals surface area contributed by atoms with Crippen LogP contribution in [-0.2, 0) is 13.1 Å². The van der Waals surface area contributed by atoms with Crippen molar-refractivity contribution in [2.24, 2.45) is 11.3 Å². The second-order valence-corrected chi connectivity index (χ2v) is 7.07. The van der Waals surface area contributed by atoms with Gasteiger partial charge in [-0.1, -0.05) is 27.7 Å². The van der Waals surface area contributed by atoms with Gasteiger partial charge in [-0.25, -0.2) is 9.67 Å². The molecule has 1 aliphatic rings. The smallest absolute Gasteiger partial charge is 0.140 e. The summed E-state index contributed by atoms with van der Waals surface area (Å²) in [5.41, 5.74) is 0.538. The summed E-state index contributed by atoms with van der Waals surface area (Å²) in [5.74, 6) is 1.68. The van der Waals surface area contributed by atoms with E-state index in [2.05, 4.69) is 43.1 Å². The number of rotatable bonds is 5. The van der Waals surface area contributed by atoms with Crippen molar-refractivity contribution in [1.82, 2.24) is 20.1 Å².